The smallest absolute Gasteiger partial charge is 0.0205 e. The van der Waals surface area contributed by atoms with Gasteiger partial charge >= 0.3 is 0 Å². The molecule has 0 bridgehead atoms. The molecule has 0 spiro atoms. The molecular weight excluding hydrogens is 174 g/mol. The first-order chi connectivity index (χ1) is 6.86. The zero-order chi connectivity index (χ0) is 10.2. The molecule has 0 aliphatic carbocycles. The van der Waals surface area contributed by atoms with Crippen molar-refractivity contribution in [3.8, 4) is 0 Å². The molecule has 1 atom stereocenters. The van der Waals surface area contributed by atoms with Crippen LogP contribution in [0.1, 0.15) is 26.7 Å². The van der Waals surface area contributed by atoms with Crippen molar-refractivity contribution in [3.05, 3.63) is 0 Å². The van der Waals surface area contributed by atoms with Crippen LogP contribution in [-0.2, 0) is 0 Å². The average Bonchev–Trinajstić information content (AvgIpc) is 2.69. The predicted octanol–water partition coefficient (Wildman–Crippen LogP) is 0.670. The van der Waals surface area contributed by atoms with E-state index in [9.17, 15) is 0 Å². The average molecular weight is 199 g/mol. The molecule has 1 rings (SSSR count). The van der Waals surface area contributed by atoms with Crippen LogP contribution in [0, 0.1) is 0 Å². The minimum absolute atomic E-state index is 0.718. The summed E-state index contributed by atoms with van der Waals surface area (Å²) in [5.41, 5.74) is 0. The van der Waals surface area contributed by atoms with Crippen molar-refractivity contribution in [2.45, 2.75) is 32.7 Å². The standard InChI is InChI=1S/C11H25N3/c1-3-8-14(4-2)9-7-13-11-5-6-12-10-11/h11-13H,3-10H2,1-2H3. The Kier molecular flexibility index (Phi) is 6.15. The van der Waals surface area contributed by atoms with Crippen molar-refractivity contribution in [1.82, 2.24) is 15.5 Å². The summed E-state index contributed by atoms with van der Waals surface area (Å²) in [5, 5.41) is 6.97. The molecule has 1 unspecified atom stereocenters. The third-order valence-electron chi connectivity index (χ3n) is 2.91. The number of rotatable bonds is 7. The molecule has 14 heavy (non-hydrogen) atoms. The molecule has 1 aliphatic rings. The molecule has 0 radical (unpaired) electrons. The normalized spacial score (nSPS) is 22.1. The van der Waals surface area contributed by atoms with E-state index in [2.05, 4.69) is 29.4 Å². The summed E-state index contributed by atoms with van der Waals surface area (Å²) in [6.45, 7) is 11.6. The lowest BCUT2D eigenvalue weighted by atomic mass is 10.2. The summed E-state index contributed by atoms with van der Waals surface area (Å²) in [4.78, 5) is 2.51. The van der Waals surface area contributed by atoms with Gasteiger partial charge in [0.1, 0.15) is 0 Å². The lowest BCUT2D eigenvalue weighted by Gasteiger charge is -2.20. The molecule has 0 saturated carbocycles. The van der Waals surface area contributed by atoms with E-state index in [0.29, 0.717) is 0 Å². The molecule has 2 N–H and O–H groups in total. The van der Waals surface area contributed by atoms with Crippen LogP contribution in [0.4, 0.5) is 0 Å². The topological polar surface area (TPSA) is 27.3 Å². The van der Waals surface area contributed by atoms with Gasteiger partial charge in [0.15, 0.2) is 0 Å². The molecule has 1 aliphatic heterocycles. The van der Waals surface area contributed by atoms with Gasteiger partial charge in [0.05, 0.1) is 0 Å². The highest BCUT2D eigenvalue weighted by molar-refractivity contribution is 4.77. The number of hydrogen-bond donors (Lipinski definition) is 2. The van der Waals surface area contributed by atoms with E-state index in [1.165, 1.54) is 39.0 Å². The first-order valence-electron chi connectivity index (χ1n) is 6.03. The van der Waals surface area contributed by atoms with Gasteiger partial charge in [-0.15, -0.1) is 0 Å². The summed E-state index contributed by atoms with van der Waals surface area (Å²) in [7, 11) is 0. The van der Waals surface area contributed by atoms with Gasteiger partial charge < -0.3 is 15.5 Å². The van der Waals surface area contributed by atoms with Gasteiger partial charge in [0.25, 0.3) is 0 Å². The fourth-order valence-electron chi connectivity index (χ4n) is 2.00. The third-order valence-corrected chi connectivity index (χ3v) is 2.91. The van der Waals surface area contributed by atoms with E-state index in [-0.39, 0.29) is 0 Å². The molecule has 84 valence electrons. The van der Waals surface area contributed by atoms with Crippen LogP contribution >= 0.6 is 0 Å². The summed E-state index contributed by atoms with van der Waals surface area (Å²) < 4.78 is 0. The summed E-state index contributed by atoms with van der Waals surface area (Å²) in [5.74, 6) is 0. The highest BCUT2D eigenvalue weighted by Gasteiger charge is 2.12. The zero-order valence-corrected chi connectivity index (χ0v) is 9.68. The number of nitrogens with zero attached hydrogens (tertiary/aromatic N) is 1. The maximum absolute atomic E-state index is 3.60. The number of nitrogens with one attached hydrogen (secondary N) is 2. The van der Waals surface area contributed by atoms with E-state index < -0.39 is 0 Å². The maximum Gasteiger partial charge on any atom is 0.0205 e. The molecule has 0 aromatic heterocycles. The third kappa shape index (κ3) is 4.40. The number of hydrogen-bond acceptors (Lipinski definition) is 3. The summed E-state index contributed by atoms with van der Waals surface area (Å²) in [6.07, 6.45) is 2.55. The Balaban J connectivity index is 2.00. The quantitative estimate of drug-likeness (QED) is 0.631. The van der Waals surface area contributed by atoms with Gasteiger partial charge in [-0.1, -0.05) is 13.8 Å². The van der Waals surface area contributed by atoms with Gasteiger partial charge in [0, 0.05) is 25.7 Å². The monoisotopic (exact) mass is 199 g/mol. The van der Waals surface area contributed by atoms with Crippen molar-refractivity contribution in [1.29, 1.82) is 0 Å². The summed E-state index contributed by atoms with van der Waals surface area (Å²) in [6, 6.07) is 0.718. The molecule has 0 aromatic carbocycles. The second-order valence-electron chi connectivity index (χ2n) is 4.08. The van der Waals surface area contributed by atoms with Crippen molar-refractivity contribution in [2.24, 2.45) is 0 Å². The minimum atomic E-state index is 0.718. The van der Waals surface area contributed by atoms with Crippen molar-refractivity contribution >= 4 is 0 Å². The predicted molar refractivity (Wildman–Crippen MR) is 61.7 cm³/mol. The van der Waals surface area contributed by atoms with Gasteiger partial charge in [-0.25, -0.2) is 0 Å². The molecule has 1 heterocycles. The molecule has 3 nitrogen and oxygen atoms in total. The van der Waals surface area contributed by atoms with Gasteiger partial charge in [-0.3, -0.25) is 0 Å². The second kappa shape index (κ2) is 7.21. The lowest BCUT2D eigenvalue weighted by molar-refractivity contribution is 0.283. The molecule has 0 amide bonds. The SMILES string of the molecule is CCCN(CC)CCNC1CCNC1. The van der Waals surface area contributed by atoms with E-state index in [1.807, 2.05) is 0 Å². The van der Waals surface area contributed by atoms with Crippen LogP contribution in [0.25, 0.3) is 0 Å². The largest absolute Gasteiger partial charge is 0.315 e. The van der Waals surface area contributed by atoms with E-state index in [4.69, 9.17) is 0 Å². The molecular formula is C11H25N3. The van der Waals surface area contributed by atoms with Gasteiger partial charge in [0.2, 0.25) is 0 Å². The molecule has 0 aromatic rings. The molecule has 1 saturated heterocycles. The minimum Gasteiger partial charge on any atom is -0.315 e. The summed E-state index contributed by atoms with van der Waals surface area (Å²) >= 11 is 0. The second-order valence-corrected chi connectivity index (χ2v) is 4.08. The Hall–Kier alpha value is -0.120. The highest BCUT2D eigenvalue weighted by atomic mass is 15.1. The Labute approximate surface area is 88.2 Å². The van der Waals surface area contributed by atoms with Crippen LogP contribution < -0.4 is 10.6 Å². The van der Waals surface area contributed by atoms with Gasteiger partial charge in [-0.05, 0) is 32.5 Å². The molecule has 3 heteroatoms. The van der Waals surface area contributed by atoms with Gasteiger partial charge in [-0.2, -0.15) is 0 Å². The van der Waals surface area contributed by atoms with E-state index in [1.54, 1.807) is 0 Å². The van der Waals surface area contributed by atoms with Crippen molar-refractivity contribution in [2.75, 3.05) is 39.3 Å². The van der Waals surface area contributed by atoms with Crippen molar-refractivity contribution in [3.63, 3.8) is 0 Å². The fourth-order valence-corrected chi connectivity index (χ4v) is 2.00. The first kappa shape index (κ1) is 12.0. The zero-order valence-electron chi connectivity index (χ0n) is 9.68. The Morgan fingerprint density at radius 2 is 2.21 bits per heavy atom. The van der Waals surface area contributed by atoms with Crippen LogP contribution in [-0.4, -0.2) is 50.2 Å². The van der Waals surface area contributed by atoms with E-state index in [0.717, 1.165) is 19.1 Å². The Morgan fingerprint density at radius 1 is 1.36 bits per heavy atom. The maximum atomic E-state index is 3.60. The molecule has 1 fully saturated rings. The van der Waals surface area contributed by atoms with Crippen molar-refractivity contribution < 1.29 is 0 Å². The number of likely N-dealkylation sites (N-methyl/N-ethyl adjacent to an activating group) is 1. The van der Waals surface area contributed by atoms with Crippen LogP contribution in [0.5, 0.6) is 0 Å². The van der Waals surface area contributed by atoms with Crippen LogP contribution in [0.2, 0.25) is 0 Å². The Bertz CT molecular complexity index is 132. The highest BCUT2D eigenvalue weighted by Crippen LogP contribution is 1.96. The Morgan fingerprint density at radius 3 is 2.79 bits per heavy atom. The first-order valence-corrected chi connectivity index (χ1v) is 6.03. The van der Waals surface area contributed by atoms with Crippen LogP contribution in [0.3, 0.4) is 0 Å². The van der Waals surface area contributed by atoms with E-state index >= 15 is 0 Å². The fraction of sp³-hybridized carbons (Fsp3) is 1.00. The lowest BCUT2D eigenvalue weighted by Crippen LogP contribution is -2.38. The van der Waals surface area contributed by atoms with Crippen LogP contribution in [0.15, 0.2) is 0 Å².